The minimum absolute atomic E-state index is 0.0608. The highest BCUT2D eigenvalue weighted by molar-refractivity contribution is 6.13. The third kappa shape index (κ3) is 5.30. The van der Waals surface area contributed by atoms with Crippen molar-refractivity contribution in [3.63, 3.8) is 0 Å². The molecule has 31 heavy (non-hydrogen) atoms. The number of hydrogen-bond donors (Lipinski definition) is 0. The van der Waals surface area contributed by atoms with E-state index in [1.165, 1.54) is 6.07 Å². The molecule has 1 aliphatic rings. The molecule has 4 nitrogen and oxygen atoms in total. The van der Waals surface area contributed by atoms with Crippen molar-refractivity contribution in [2.45, 2.75) is 18.7 Å². The zero-order chi connectivity index (χ0) is 21.8. The van der Waals surface area contributed by atoms with Crippen LogP contribution in [0.25, 0.3) is 0 Å². The molecule has 0 unspecified atom stereocenters. The molecule has 2 aromatic carbocycles. The van der Waals surface area contributed by atoms with Crippen LogP contribution in [0.2, 0.25) is 0 Å². The zero-order valence-corrected chi connectivity index (χ0v) is 17.0. The van der Waals surface area contributed by atoms with Crippen molar-refractivity contribution < 1.29 is 17.9 Å². The van der Waals surface area contributed by atoms with Crippen molar-refractivity contribution in [2.24, 2.45) is 4.99 Å². The molecule has 2 heterocycles. The number of hydrogen-bond acceptors (Lipinski definition) is 4. The zero-order valence-electron chi connectivity index (χ0n) is 17.0. The number of halogens is 3. The monoisotopic (exact) mass is 425 g/mol. The maximum atomic E-state index is 13.5. The van der Waals surface area contributed by atoms with Crippen molar-refractivity contribution in [3.8, 4) is 5.88 Å². The van der Waals surface area contributed by atoms with Crippen LogP contribution >= 0.6 is 0 Å². The number of likely N-dealkylation sites (tertiary alicyclic amines) is 1. The first-order chi connectivity index (χ1) is 14.9. The number of aromatic nitrogens is 1. The van der Waals surface area contributed by atoms with E-state index in [1.807, 2.05) is 67.7 Å². The highest BCUT2D eigenvalue weighted by atomic mass is 19.4. The van der Waals surface area contributed by atoms with Crippen molar-refractivity contribution >= 4 is 11.4 Å². The molecule has 0 N–H and O–H groups in total. The Morgan fingerprint density at radius 1 is 1.00 bits per heavy atom. The molecule has 1 saturated heterocycles. The molecule has 1 aromatic heterocycles. The maximum absolute atomic E-state index is 13.5. The Bertz CT molecular complexity index is 1010. The fourth-order valence-corrected chi connectivity index (χ4v) is 3.54. The van der Waals surface area contributed by atoms with Gasteiger partial charge in [-0.1, -0.05) is 60.7 Å². The maximum Gasteiger partial charge on any atom is 0.433 e. The van der Waals surface area contributed by atoms with Crippen LogP contribution in [-0.2, 0) is 6.18 Å². The van der Waals surface area contributed by atoms with Crippen LogP contribution in [0.1, 0.15) is 23.2 Å². The smallest absolute Gasteiger partial charge is 0.433 e. The van der Waals surface area contributed by atoms with Crippen LogP contribution in [0.3, 0.4) is 0 Å². The van der Waals surface area contributed by atoms with Gasteiger partial charge in [0.1, 0.15) is 6.10 Å². The van der Waals surface area contributed by atoms with Gasteiger partial charge in [0, 0.05) is 30.3 Å². The molecule has 0 spiro atoms. The standard InChI is InChI=1S/C24H22F3N3O/c1-30-13-12-20(16-30)31-22-15-19(14-21(29-22)24(25,26)27)28-23(17-8-4-2-5-9-17)18-10-6-3-7-11-18/h2-11,14-15,20H,12-13,16H2,1H3/t20-/m0/s1. The summed E-state index contributed by atoms with van der Waals surface area (Å²) in [5.74, 6) is -0.0608. The molecule has 0 amide bonds. The summed E-state index contributed by atoms with van der Waals surface area (Å²) in [5, 5.41) is 0. The molecular weight excluding hydrogens is 403 g/mol. The molecule has 4 rings (SSSR count). The lowest BCUT2D eigenvalue weighted by Crippen LogP contribution is -2.22. The highest BCUT2D eigenvalue weighted by Crippen LogP contribution is 2.33. The van der Waals surface area contributed by atoms with E-state index in [9.17, 15) is 13.2 Å². The minimum atomic E-state index is -4.60. The number of aliphatic imine (C=N–C) groups is 1. The lowest BCUT2D eigenvalue weighted by atomic mass is 10.0. The van der Waals surface area contributed by atoms with Crippen LogP contribution in [0.15, 0.2) is 77.8 Å². The Labute approximate surface area is 179 Å². The molecular formula is C24H22F3N3O. The predicted octanol–water partition coefficient (Wildman–Crippen LogP) is 5.35. The third-order valence-corrected chi connectivity index (χ3v) is 5.05. The summed E-state index contributed by atoms with van der Waals surface area (Å²) in [4.78, 5) is 10.4. The molecule has 3 aromatic rings. The summed E-state index contributed by atoms with van der Waals surface area (Å²) in [5.41, 5.74) is 1.31. The predicted molar refractivity (Wildman–Crippen MR) is 114 cm³/mol. The molecule has 7 heteroatoms. The normalized spacial score (nSPS) is 16.8. The largest absolute Gasteiger partial charge is 0.473 e. The van der Waals surface area contributed by atoms with E-state index in [4.69, 9.17) is 4.74 Å². The number of rotatable bonds is 5. The second-order valence-electron chi connectivity index (χ2n) is 7.53. The van der Waals surface area contributed by atoms with E-state index >= 15 is 0 Å². The molecule has 1 aliphatic heterocycles. The number of benzene rings is 2. The van der Waals surface area contributed by atoms with E-state index in [2.05, 4.69) is 14.9 Å². The Morgan fingerprint density at radius 3 is 2.13 bits per heavy atom. The highest BCUT2D eigenvalue weighted by Gasteiger charge is 2.34. The molecule has 0 bridgehead atoms. The van der Waals surface area contributed by atoms with Gasteiger partial charge in [0.05, 0.1) is 11.4 Å². The summed E-state index contributed by atoms with van der Waals surface area (Å²) < 4.78 is 46.4. The van der Waals surface area contributed by atoms with Gasteiger partial charge in [-0.15, -0.1) is 0 Å². The first-order valence-corrected chi connectivity index (χ1v) is 10.0. The Hall–Kier alpha value is -3.19. The van der Waals surface area contributed by atoms with Gasteiger partial charge < -0.3 is 9.64 Å². The lowest BCUT2D eigenvalue weighted by molar-refractivity contribution is -0.141. The van der Waals surface area contributed by atoms with Crippen molar-refractivity contribution in [3.05, 3.63) is 89.6 Å². The number of alkyl halides is 3. The second-order valence-corrected chi connectivity index (χ2v) is 7.53. The summed E-state index contributed by atoms with van der Waals surface area (Å²) in [6.45, 7) is 1.48. The fraction of sp³-hybridized carbons (Fsp3) is 0.250. The van der Waals surface area contributed by atoms with Gasteiger partial charge >= 0.3 is 6.18 Å². The number of likely N-dealkylation sites (N-methyl/N-ethyl adjacent to an activating group) is 1. The minimum Gasteiger partial charge on any atom is -0.473 e. The first kappa shape index (κ1) is 21.1. The van der Waals surface area contributed by atoms with Gasteiger partial charge in [-0.05, 0) is 19.5 Å². The van der Waals surface area contributed by atoms with Gasteiger partial charge in [0.2, 0.25) is 5.88 Å². The van der Waals surface area contributed by atoms with Crippen molar-refractivity contribution in [1.82, 2.24) is 9.88 Å². The second kappa shape index (κ2) is 8.89. The van der Waals surface area contributed by atoms with Gasteiger partial charge in [-0.25, -0.2) is 9.98 Å². The van der Waals surface area contributed by atoms with E-state index in [1.54, 1.807) is 0 Å². The first-order valence-electron chi connectivity index (χ1n) is 10.0. The summed E-state index contributed by atoms with van der Waals surface area (Å²) in [7, 11) is 1.95. The molecule has 1 fully saturated rings. The Kier molecular flexibility index (Phi) is 6.04. The van der Waals surface area contributed by atoms with Crippen LogP contribution < -0.4 is 4.74 Å². The molecule has 0 saturated carbocycles. The number of nitrogens with zero attached hydrogens (tertiary/aromatic N) is 3. The van der Waals surface area contributed by atoms with E-state index in [0.29, 0.717) is 12.3 Å². The third-order valence-electron chi connectivity index (χ3n) is 5.05. The fourth-order valence-electron chi connectivity index (χ4n) is 3.54. The molecule has 1 atom stereocenters. The average molecular weight is 425 g/mol. The van der Waals surface area contributed by atoms with Crippen molar-refractivity contribution in [2.75, 3.05) is 20.1 Å². The lowest BCUT2D eigenvalue weighted by Gasteiger charge is -2.15. The SMILES string of the molecule is CN1CC[C@H](Oc2cc(N=C(c3ccccc3)c3ccccc3)cc(C(F)(F)F)n2)C1. The Balaban J connectivity index is 1.78. The van der Waals surface area contributed by atoms with Gasteiger partial charge in [0.15, 0.2) is 5.69 Å². The summed E-state index contributed by atoms with van der Waals surface area (Å²) >= 11 is 0. The Morgan fingerprint density at radius 2 is 1.61 bits per heavy atom. The summed E-state index contributed by atoms with van der Waals surface area (Å²) in [6.07, 6.45) is -4.05. The van der Waals surface area contributed by atoms with E-state index in [0.717, 1.165) is 30.2 Å². The van der Waals surface area contributed by atoms with E-state index in [-0.39, 0.29) is 17.7 Å². The molecule has 160 valence electrons. The average Bonchev–Trinajstić information content (AvgIpc) is 3.17. The number of ether oxygens (including phenoxy) is 1. The van der Waals surface area contributed by atoms with Gasteiger partial charge in [0.25, 0.3) is 0 Å². The molecule has 0 aliphatic carbocycles. The van der Waals surface area contributed by atoms with Crippen LogP contribution in [0, 0.1) is 0 Å². The van der Waals surface area contributed by atoms with Crippen LogP contribution in [-0.4, -0.2) is 41.8 Å². The van der Waals surface area contributed by atoms with Crippen molar-refractivity contribution in [1.29, 1.82) is 0 Å². The molecule has 0 radical (unpaired) electrons. The quantitative estimate of drug-likeness (QED) is 0.517. The number of pyridine rings is 1. The van der Waals surface area contributed by atoms with Gasteiger partial charge in [-0.3, -0.25) is 0 Å². The van der Waals surface area contributed by atoms with Gasteiger partial charge in [-0.2, -0.15) is 13.2 Å². The topological polar surface area (TPSA) is 37.7 Å². The summed E-state index contributed by atoms with van der Waals surface area (Å²) in [6, 6.07) is 21.2. The van der Waals surface area contributed by atoms with Crippen LogP contribution in [0.4, 0.5) is 18.9 Å². The van der Waals surface area contributed by atoms with E-state index < -0.39 is 11.9 Å². The van der Waals surface area contributed by atoms with Crippen LogP contribution in [0.5, 0.6) is 5.88 Å².